The van der Waals surface area contributed by atoms with Gasteiger partial charge in [-0.1, -0.05) is 20.8 Å². The third kappa shape index (κ3) is 79.5. The molecule has 0 unspecified atom stereocenters. The molecule has 0 atom stereocenters. The first-order valence-electron chi connectivity index (χ1n) is 6.56. The topological polar surface area (TPSA) is 71.4 Å². The van der Waals surface area contributed by atoms with Crippen molar-refractivity contribution in [2.45, 2.75) is 30.8 Å². The van der Waals surface area contributed by atoms with Gasteiger partial charge in [0, 0.05) is 0 Å². The van der Waals surface area contributed by atoms with Crippen LogP contribution in [0.5, 0.6) is 0 Å². The molecule has 1 aromatic rings. The first-order chi connectivity index (χ1) is 10.4. The van der Waals surface area contributed by atoms with Crippen LogP contribution in [0.4, 0.5) is 26.3 Å². The smallest absolute Gasteiger partial charge is 0.214 e. The average Bonchev–Trinajstić information content (AvgIpc) is 2.84. The van der Waals surface area contributed by atoms with Gasteiger partial charge in [-0.25, -0.2) is 12.1 Å². The summed E-state index contributed by atoms with van der Waals surface area (Å²) in [5.74, 6) is 0. The van der Waals surface area contributed by atoms with Crippen molar-refractivity contribution < 1.29 is 52.2 Å². The van der Waals surface area contributed by atoms with Crippen LogP contribution in [0.3, 0.4) is 0 Å². The summed E-state index contributed by atoms with van der Waals surface area (Å²) in [4.78, 5) is 0. The van der Waals surface area contributed by atoms with Crippen LogP contribution in [0.2, 0.25) is 0 Å². The van der Waals surface area contributed by atoms with E-state index in [4.69, 9.17) is 17.2 Å². The van der Waals surface area contributed by atoms with Crippen molar-refractivity contribution in [2.24, 2.45) is 0 Å². The van der Waals surface area contributed by atoms with Crippen LogP contribution in [0.1, 0.15) is 20.8 Å². The van der Waals surface area contributed by atoms with Crippen molar-refractivity contribution in [1.29, 1.82) is 0 Å². The molecule has 0 bridgehead atoms. The van der Waals surface area contributed by atoms with E-state index in [0.29, 0.717) is 19.6 Å². The van der Waals surface area contributed by atoms with E-state index in [9.17, 15) is 26.3 Å². The zero-order valence-electron chi connectivity index (χ0n) is 13.9. The molecule has 3 nitrogen and oxygen atoms in total. The van der Waals surface area contributed by atoms with Crippen LogP contribution < -0.4 is 0 Å². The molecule has 0 spiro atoms. The Bertz CT molecular complexity index is 248. The summed E-state index contributed by atoms with van der Waals surface area (Å²) in [6.45, 7) is 6.88. The van der Waals surface area contributed by atoms with Gasteiger partial charge in [-0.3, -0.25) is 0 Å². The SMILES string of the molecule is CC[NH-].CC[NH-].CC[NH-].F[C](F)(F)[GeH][C](F)(F)F.[Hf+4].c1cc[cH-]c1. The van der Waals surface area contributed by atoms with Gasteiger partial charge in [0.2, 0.25) is 0 Å². The maximum absolute atomic E-state index is 10.9. The molecule has 0 saturated heterocycles. The predicted molar refractivity (Wildman–Crippen MR) is 85.9 cm³/mol. The molecule has 1 radical (unpaired) electrons. The molecule has 1 aromatic carbocycles. The van der Waals surface area contributed by atoms with E-state index < -0.39 is 25.4 Å². The van der Waals surface area contributed by atoms with Crippen LogP contribution in [0.15, 0.2) is 30.3 Å². The third-order valence-corrected chi connectivity index (χ3v) is 2.26. The van der Waals surface area contributed by atoms with E-state index in [1.807, 2.05) is 30.3 Å². The molecule has 3 N–H and O–H groups in total. The van der Waals surface area contributed by atoms with Gasteiger partial charge in [0.1, 0.15) is 0 Å². The maximum Gasteiger partial charge on any atom is 4.00 e. The fourth-order valence-electron chi connectivity index (χ4n) is 0.506. The minimum Gasteiger partial charge on any atom is -0.214 e. The second-order valence-corrected chi connectivity index (χ2v) is 6.60. The Morgan fingerprint density at radius 1 is 0.750 bits per heavy atom. The Morgan fingerprint density at radius 2 is 0.958 bits per heavy atom. The second-order valence-electron chi connectivity index (χ2n) is 3.25. The van der Waals surface area contributed by atoms with E-state index >= 15 is 0 Å². The molecule has 24 heavy (non-hydrogen) atoms. The number of alkyl halides is 6. The summed E-state index contributed by atoms with van der Waals surface area (Å²) in [5, 5.41) is -9.97. The summed E-state index contributed by atoms with van der Waals surface area (Å²) >= 11 is -4.06. The van der Waals surface area contributed by atoms with Gasteiger partial charge in [-0.2, -0.15) is 37.8 Å². The molecule has 0 aliphatic carbocycles. The Kier molecular flexibility index (Phi) is 37.5. The molecular formula is C13H24F6GeHfN3. The molecule has 11 heteroatoms. The van der Waals surface area contributed by atoms with Crippen molar-refractivity contribution >= 4 is 15.4 Å². The van der Waals surface area contributed by atoms with Crippen LogP contribution in [-0.4, -0.2) is 45.1 Å². The first kappa shape index (κ1) is 35.4. The van der Waals surface area contributed by atoms with Crippen molar-refractivity contribution in [1.82, 2.24) is 0 Å². The summed E-state index contributed by atoms with van der Waals surface area (Å²) in [6, 6.07) is 10.0. The first-order valence-corrected chi connectivity index (χ1v) is 8.98. The van der Waals surface area contributed by atoms with Crippen molar-refractivity contribution in [3.05, 3.63) is 47.5 Å². The largest absolute Gasteiger partial charge is 4.00 e. The van der Waals surface area contributed by atoms with Gasteiger partial charge in [0.15, 0.2) is 0 Å². The molecule has 0 fully saturated rings. The summed E-state index contributed by atoms with van der Waals surface area (Å²) in [7, 11) is 0. The Labute approximate surface area is 165 Å². The molecule has 0 aromatic heterocycles. The quantitative estimate of drug-likeness (QED) is 0.202. The minimum absolute atomic E-state index is 0. The van der Waals surface area contributed by atoms with Crippen LogP contribution in [-0.2, 0) is 25.8 Å². The van der Waals surface area contributed by atoms with Gasteiger partial charge < -0.3 is 17.2 Å². The average molecular weight is 587 g/mol. The number of rotatable bonds is 0. The number of hydrogen-bond acceptors (Lipinski definition) is 0. The molecule has 0 amide bonds. The Morgan fingerprint density at radius 3 is 1.00 bits per heavy atom. The number of hydrogen-bond donors (Lipinski definition) is 0. The fourth-order valence-corrected chi connectivity index (χ4v) is 1.29. The van der Waals surface area contributed by atoms with Crippen LogP contribution >= 0.6 is 0 Å². The molecule has 1 rings (SSSR count). The summed E-state index contributed by atoms with van der Waals surface area (Å²) in [6.07, 6.45) is 0. The maximum atomic E-state index is 10.9. The van der Waals surface area contributed by atoms with Crippen LogP contribution in [0.25, 0.3) is 17.2 Å². The molecule has 0 aliphatic rings. The molecule has 0 saturated carbocycles. The predicted octanol–water partition coefficient (Wildman–Crippen LogP) is 6.04. The molecule has 141 valence electrons. The standard InChI is InChI=1S/C5H5.C2HF6Ge.3C2H6N.Hf/c1-2-4-5-3-1;3-1(4,5)9-2(6,7)8;3*1-2-3;/h1-5H;9H;3*3H,2H2,1H3;/q-1;;3*-1;+4. The zero-order chi connectivity index (χ0) is 19.4. The molecular weight excluding hydrogens is 563 g/mol. The fraction of sp³-hybridized carbons (Fsp3) is 0.615. The van der Waals surface area contributed by atoms with E-state index in [2.05, 4.69) is 0 Å². The van der Waals surface area contributed by atoms with Crippen molar-refractivity contribution in [2.75, 3.05) is 19.6 Å². The second kappa shape index (κ2) is 25.5. The monoisotopic (exact) mass is 590 g/mol. The summed E-state index contributed by atoms with van der Waals surface area (Å²) < 4.78 is 65.4. The molecule has 0 heterocycles. The van der Waals surface area contributed by atoms with Gasteiger partial charge >= 0.3 is 77.6 Å². The van der Waals surface area contributed by atoms with Crippen molar-refractivity contribution in [3.63, 3.8) is 0 Å². The van der Waals surface area contributed by atoms with Crippen molar-refractivity contribution in [3.8, 4) is 0 Å². The Hall–Kier alpha value is 0.223. The van der Waals surface area contributed by atoms with E-state index in [1.165, 1.54) is 0 Å². The van der Waals surface area contributed by atoms with E-state index in [0.717, 1.165) is 0 Å². The number of nitrogens with one attached hydrogen (secondary N) is 3. The van der Waals surface area contributed by atoms with E-state index in [1.54, 1.807) is 20.8 Å². The Balaban J connectivity index is -0.0000000685. The zero-order valence-corrected chi connectivity index (χ0v) is 19.9. The third-order valence-electron chi connectivity index (χ3n) is 0.883. The van der Waals surface area contributed by atoms with Gasteiger partial charge in [-0.15, -0.1) is 0 Å². The summed E-state index contributed by atoms with van der Waals surface area (Å²) in [5.41, 5.74) is 18.6. The van der Waals surface area contributed by atoms with Gasteiger partial charge in [-0.05, 0) is 0 Å². The van der Waals surface area contributed by atoms with Gasteiger partial charge in [0.25, 0.3) is 0 Å². The normalized spacial score (nSPS) is 9.17. The van der Waals surface area contributed by atoms with Gasteiger partial charge in [0.05, 0.1) is 0 Å². The van der Waals surface area contributed by atoms with E-state index in [-0.39, 0.29) is 25.8 Å². The minimum atomic E-state index is -4.98. The van der Waals surface area contributed by atoms with Crippen LogP contribution in [0, 0.1) is 0 Å². The number of halogens is 6. The molecule has 0 aliphatic heterocycles.